The number of carbonyl (C=O) groups excluding carboxylic acids is 1. The standard InChI is InChI=1S/C27H25ClN4O4S2/c1-3-36-20-12-7-16(13-21(20)35-2)14-29-31-23(33)15-37-27-30-25-24(19-5-4-6-22(19)38-25)26(34)32(27)18-10-8-17(28)9-11-18/h7-14H,3-6,15H2,1-2H3,(H,31,33). The monoisotopic (exact) mass is 568 g/mol. The van der Waals surface area contributed by atoms with E-state index >= 15 is 0 Å². The van der Waals surface area contributed by atoms with Gasteiger partial charge < -0.3 is 9.47 Å². The Bertz CT molecular complexity index is 1580. The molecule has 1 aliphatic rings. The number of methoxy groups -OCH3 is 1. The van der Waals surface area contributed by atoms with Gasteiger partial charge in [0, 0.05) is 9.90 Å². The van der Waals surface area contributed by atoms with Crippen molar-refractivity contribution in [1.29, 1.82) is 0 Å². The number of hydrogen-bond donors (Lipinski definition) is 1. The molecule has 0 spiro atoms. The third kappa shape index (κ3) is 5.43. The predicted molar refractivity (Wildman–Crippen MR) is 153 cm³/mol. The van der Waals surface area contributed by atoms with Crippen molar-refractivity contribution in [3.05, 3.63) is 73.8 Å². The number of aromatic nitrogens is 2. The van der Waals surface area contributed by atoms with E-state index in [1.165, 1.54) is 22.9 Å². The number of carbonyl (C=O) groups is 1. The van der Waals surface area contributed by atoms with Crippen LogP contribution in [0.3, 0.4) is 0 Å². The first-order valence-corrected chi connectivity index (χ1v) is 14.2. The average molecular weight is 569 g/mol. The summed E-state index contributed by atoms with van der Waals surface area (Å²) in [4.78, 5) is 33.0. The number of hydrogen-bond acceptors (Lipinski definition) is 8. The van der Waals surface area contributed by atoms with Gasteiger partial charge in [0.1, 0.15) is 4.83 Å². The molecule has 11 heteroatoms. The molecule has 0 atom stereocenters. The minimum absolute atomic E-state index is 0.0283. The first kappa shape index (κ1) is 26.3. The van der Waals surface area contributed by atoms with E-state index in [2.05, 4.69) is 10.5 Å². The number of fused-ring (bicyclic) bond motifs is 3. The molecule has 1 N–H and O–H groups in total. The van der Waals surface area contributed by atoms with Crippen LogP contribution in [0.15, 0.2) is 57.5 Å². The van der Waals surface area contributed by atoms with E-state index < -0.39 is 0 Å². The number of amides is 1. The van der Waals surface area contributed by atoms with Crippen LogP contribution in [-0.4, -0.2) is 41.1 Å². The molecule has 0 unspecified atom stereocenters. The molecular weight excluding hydrogens is 544 g/mol. The van der Waals surface area contributed by atoms with Crippen LogP contribution < -0.4 is 20.5 Å². The lowest BCUT2D eigenvalue weighted by Crippen LogP contribution is -2.24. The van der Waals surface area contributed by atoms with Crippen LogP contribution >= 0.6 is 34.7 Å². The Morgan fingerprint density at radius 2 is 2.05 bits per heavy atom. The Labute approximate surface area is 232 Å². The fourth-order valence-electron chi connectivity index (χ4n) is 4.32. The smallest absolute Gasteiger partial charge is 0.267 e. The van der Waals surface area contributed by atoms with Gasteiger partial charge in [-0.05, 0) is 79.8 Å². The molecule has 0 saturated heterocycles. The van der Waals surface area contributed by atoms with E-state index in [0.29, 0.717) is 39.4 Å². The van der Waals surface area contributed by atoms with Gasteiger partial charge in [0.15, 0.2) is 16.7 Å². The summed E-state index contributed by atoms with van der Waals surface area (Å²) in [6, 6.07) is 12.4. The van der Waals surface area contributed by atoms with E-state index in [9.17, 15) is 9.59 Å². The lowest BCUT2D eigenvalue weighted by atomic mass is 10.2. The van der Waals surface area contributed by atoms with Crippen LogP contribution in [0.2, 0.25) is 5.02 Å². The van der Waals surface area contributed by atoms with Gasteiger partial charge in [-0.2, -0.15) is 5.10 Å². The normalized spacial score (nSPS) is 12.7. The highest BCUT2D eigenvalue weighted by Gasteiger charge is 2.24. The molecule has 4 aromatic rings. The molecule has 5 rings (SSSR count). The third-order valence-electron chi connectivity index (χ3n) is 6.02. The van der Waals surface area contributed by atoms with Crippen molar-refractivity contribution < 1.29 is 14.3 Å². The zero-order valence-electron chi connectivity index (χ0n) is 20.8. The van der Waals surface area contributed by atoms with Gasteiger partial charge in [-0.1, -0.05) is 23.4 Å². The number of nitrogens with one attached hydrogen (secondary N) is 1. The quantitative estimate of drug-likeness (QED) is 0.128. The van der Waals surface area contributed by atoms with Gasteiger partial charge in [0.2, 0.25) is 0 Å². The molecule has 1 aliphatic carbocycles. The number of rotatable bonds is 9. The van der Waals surface area contributed by atoms with Crippen molar-refractivity contribution in [2.45, 2.75) is 31.3 Å². The summed E-state index contributed by atoms with van der Waals surface area (Å²) in [5, 5.41) is 5.76. The zero-order chi connectivity index (χ0) is 26.6. The van der Waals surface area contributed by atoms with Crippen molar-refractivity contribution in [3.63, 3.8) is 0 Å². The van der Waals surface area contributed by atoms with Gasteiger partial charge >= 0.3 is 0 Å². The van der Waals surface area contributed by atoms with Crippen LogP contribution in [0.4, 0.5) is 0 Å². The highest BCUT2D eigenvalue weighted by Crippen LogP contribution is 2.36. The Hall–Kier alpha value is -3.34. The first-order valence-electron chi connectivity index (χ1n) is 12.1. The van der Waals surface area contributed by atoms with E-state index in [0.717, 1.165) is 35.2 Å². The Morgan fingerprint density at radius 1 is 1.24 bits per heavy atom. The molecule has 38 heavy (non-hydrogen) atoms. The summed E-state index contributed by atoms with van der Waals surface area (Å²) in [5.74, 6) is 0.925. The van der Waals surface area contributed by atoms with Crippen LogP contribution in [0.25, 0.3) is 15.9 Å². The number of benzene rings is 2. The number of ether oxygens (including phenoxy) is 2. The lowest BCUT2D eigenvalue weighted by Gasteiger charge is -2.12. The molecule has 0 fully saturated rings. The fraction of sp³-hybridized carbons (Fsp3) is 0.259. The number of aryl methyl sites for hydroxylation is 2. The minimum Gasteiger partial charge on any atom is -0.493 e. The largest absolute Gasteiger partial charge is 0.493 e. The molecule has 2 aromatic carbocycles. The molecule has 8 nitrogen and oxygen atoms in total. The van der Waals surface area contributed by atoms with E-state index in [1.54, 1.807) is 59.4 Å². The van der Waals surface area contributed by atoms with Gasteiger partial charge in [0.25, 0.3) is 11.5 Å². The summed E-state index contributed by atoms with van der Waals surface area (Å²) < 4.78 is 12.4. The number of nitrogens with zero attached hydrogens (tertiary/aromatic N) is 3. The van der Waals surface area contributed by atoms with Gasteiger partial charge in [0.05, 0.1) is 36.8 Å². The molecule has 0 bridgehead atoms. The first-order chi connectivity index (χ1) is 18.5. The van der Waals surface area contributed by atoms with E-state index in [1.807, 2.05) is 13.0 Å². The number of thioether (sulfide) groups is 1. The summed E-state index contributed by atoms with van der Waals surface area (Å²) >= 11 is 8.84. The van der Waals surface area contributed by atoms with Gasteiger partial charge in [-0.3, -0.25) is 14.2 Å². The van der Waals surface area contributed by atoms with Crippen molar-refractivity contribution in [2.24, 2.45) is 5.10 Å². The van der Waals surface area contributed by atoms with Crippen LogP contribution in [0.1, 0.15) is 29.3 Å². The SMILES string of the molecule is CCOc1ccc(C=NNC(=O)CSc2nc3sc4c(c3c(=O)n2-c2ccc(Cl)cc2)CCC4)cc1OC. The molecule has 1 amide bonds. The molecular formula is C27H25ClN4O4S2. The second-order valence-corrected chi connectivity index (χ2v) is 10.9. The minimum atomic E-state index is -0.324. The molecule has 196 valence electrons. The second-order valence-electron chi connectivity index (χ2n) is 8.47. The fourth-order valence-corrected chi connectivity index (χ4v) is 6.55. The van der Waals surface area contributed by atoms with Crippen LogP contribution in [0.5, 0.6) is 11.5 Å². The lowest BCUT2D eigenvalue weighted by molar-refractivity contribution is -0.118. The molecule has 0 saturated carbocycles. The van der Waals surface area contributed by atoms with Crippen LogP contribution in [-0.2, 0) is 17.6 Å². The molecule has 0 radical (unpaired) electrons. The van der Waals surface area contributed by atoms with Crippen molar-refractivity contribution >= 4 is 57.0 Å². The van der Waals surface area contributed by atoms with E-state index in [4.69, 9.17) is 26.1 Å². The highest BCUT2D eigenvalue weighted by atomic mass is 35.5. The third-order valence-corrected chi connectivity index (χ3v) is 8.39. The highest BCUT2D eigenvalue weighted by molar-refractivity contribution is 7.99. The summed E-state index contributed by atoms with van der Waals surface area (Å²) in [5.41, 5.74) is 4.92. The van der Waals surface area contributed by atoms with E-state index in [-0.39, 0.29) is 17.2 Å². The Balaban J connectivity index is 1.35. The average Bonchev–Trinajstić information content (AvgIpc) is 3.50. The maximum atomic E-state index is 13.7. The summed E-state index contributed by atoms with van der Waals surface area (Å²) in [6.07, 6.45) is 4.44. The topological polar surface area (TPSA) is 94.8 Å². The number of halogens is 1. The molecule has 2 heterocycles. The maximum absolute atomic E-state index is 13.7. The predicted octanol–water partition coefficient (Wildman–Crippen LogP) is 5.24. The van der Waals surface area contributed by atoms with Crippen molar-refractivity contribution in [2.75, 3.05) is 19.5 Å². The molecule has 0 aliphatic heterocycles. The number of thiophene rings is 1. The van der Waals surface area contributed by atoms with Crippen molar-refractivity contribution in [3.8, 4) is 17.2 Å². The molecule has 2 aromatic heterocycles. The summed E-state index contributed by atoms with van der Waals surface area (Å²) in [7, 11) is 1.57. The van der Waals surface area contributed by atoms with Crippen molar-refractivity contribution in [1.82, 2.24) is 15.0 Å². The second kappa shape index (κ2) is 11.6. The van der Waals surface area contributed by atoms with Crippen LogP contribution in [0, 0.1) is 0 Å². The number of hydrazone groups is 1. The Morgan fingerprint density at radius 3 is 2.82 bits per heavy atom. The summed E-state index contributed by atoms with van der Waals surface area (Å²) in [6.45, 7) is 2.43. The van der Waals surface area contributed by atoms with Gasteiger partial charge in [-0.25, -0.2) is 10.4 Å². The zero-order valence-corrected chi connectivity index (χ0v) is 23.2. The van der Waals surface area contributed by atoms with Gasteiger partial charge in [-0.15, -0.1) is 11.3 Å². The maximum Gasteiger partial charge on any atom is 0.267 e. The Kier molecular flexibility index (Phi) is 8.01.